The third kappa shape index (κ3) is 9.69. The number of aliphatic hydroxyl groups is 1. The molecule has 6 nitrogen and oxygen atoms in total. The Bertz CT molecular complexity index is 1480. The first-order valence-electron chi connectivity index (χ1n) is 18.9. The molecule has 286 valence electrons. The van der Waals surface area contributed by atoms with E-state index >= 15 is 0 Å². The molecular formula is C43H62O6S2Si. The van der Waals surface area contributed by atoms with E-state index in [4.69, 9.17) is 23.4 Å². The molecule has 2 aliphatic rings. The molecule has 3 aromatic carbocycles. The molecule has 4 atom stereocenters. The van der Waals surface area contributed by atoms with Crippen molar-refractivity contribution in [1.29, 1.82) is 0 Å². The van der Waals surface area contributed by atoms with Crippen LogP contribution in [0.15, 0.2) is 84.9 Å². The summed E-state index contributed by atoms with van der Waals surface area (Å²) in [6.45, 7) is 18.7. The van der Waals surface area contributed by atoms with Crippen molar-refractivity contribution in [3.05, 3.63) is 90.5 Å². The Balaban J connectivity index is 1.38. The van der Waals surface area contributed by atoms with Gasteiger partial charge in [-0.25, -0.2) is 0 Å². The molecule has 0 amide bonds. The SMILES string of the molecule is COc1ccc(CO[C@@H](CC(O)CC2(C(C)(C)CO[Si](c3ccccc3)(c3ccccc3)C(C)(C)C)SCCCS2)C[C@H]2OC(C)(C)O[C@@H]2C)cc1. The first kappa shape index (κ1) is 41.3. The Morgan fingerprint density at radius 1 is 0.865 bits per heavy atom. The van der Waals surface area contributed by atoms with Gasteiger partial charge < -0.3 is 28.5 Å². The van der Waals surface area contributed by atoms with Crippen molar-refractivity contribution < 1.29 is 28.5 Å². The van der Waals surface area contributed by atoms with Gasteiger partial charge in [0.2, 0.25) is 0 Å². The lowest BCUT2D eigenvalue weighted by molar-refractivity contribution is -0.148. The number of thioether (sulfide) groups is 2. The molecule has 5 rings (SSSR count). The van der Waals surface area contributed by atoms with Crippen molar-refractivity contribution in [2.45, 2.75) is 127 Å². The standard InChI is InChI=1S/C43H62O6S2Si/c1-32-39(49-42(7,8)48-32)28-36(46-30-33-21-23-35(45-9)24-22-33)27-34(44)29-43(50-25-16-26-51-43)41(5,6)31-47-52(40(2,3)4,37-17-12-10-13-18-37)38-19-14-11-15-20-38/h10-15,17-24,32,34,36,39,44H,16,25-31H2,1-9H3/t32-,34?,36+,39-/m1/s1. The van der Waals surface area contributed by atoms with Gasteiger partial charge >= 0.3 is 0 Å². The minimum Gasteiger partial charge on any atom is -0.497 e. The summed E-state index contributed by atoms with van der Waals surface area (Å²) in [5.41, 5.74) is 0.811. The number of ether oxygens (including phenoxy) is 4. The maximum absolute atomic E-state index is 12.1. The summed E-state index contributed by atoms with van der Waals surface area (Å²) in [5, 5.41) is 14.6. The van der Waals surface area contributed by atoms with Gasteiger partial charge in [0.25, 0.3) is 8.32 Å². The normalized spacial score (nSPS) is 21.8. The smallest absolute Gasteiger partial charge is 0.261 e. The summed E-state index contributed by atoms with van der Waals surface area (Å²) in [7, 11) is -1.07. The van der Waals surface area contributed by atoms with Crippen LogP contribution in [0.4, 0.5) is 0 Å². The number of hydrogen-bond acceptors (Lipinski definition) is 8. The van der Waals surface area contributed by atoms with Crippen LogP contribution >= 0.6 is 23.5 Å². The first-order chi connectivity index (χ1) is 24.6. The average Bonchev–Trinajstić information content (AvgIpc) is 3.38. The summed E-state index contributed by atoms with van der Waals surface area (Å²) in [4.78, 5) is 0. The van der Waals surface area contributed by atoms with Gasteiger partial charge in [-0.05, 0) is 84.6 Å². The molecule has 2 fully saturated rings. The number of benzene rings is 3. The van der Waals surface area contributed by atoms with E-state index in [2.05, 4.69) is 102 Å². The summed E-state index contributed by atoms with van der Waals surface area (Å²) in [6.07, 6.45) is 2.00. The van der Waals surface area contributed by atoms with Gasteiger partial charge in [0.1, 0.15) is 5.75 Å². The lowest BCUT2D eigenvalue weighted by Crippen LogP contribution is -2.67. The van der Waals surface area contributed by atoms with Crippen LogP contribution in [-0.4, -0.2) is 72.9 Å². The predicted octanol–water partition coefficient (Wildman–Crippen LogP) is 8.82. The largest absolute Gasteiger partial charge is 0.497 e. The zero-order valence-electron chi connectivity index (χ0n) is 32.9. The summed E-state index contributed by atoms with van der Waals surface area (Å²) in [6, 6.07) is 29.8. The van der Waals surface area contributed by atoms with E-state index in [-0.39, 0.29) is 32.8 Å². The Kier molecular flexibility index (Phi) is 13.8. The average molecular weight is 767 g/mol. The minimum atomic E-state index is -2.74. The van der Waals surface area contributed by atoms with E-state index in [1.54, 1.807) is 7.11 Å². The number of hydrogen-bond donors (Lipinski definition) is 1. The van der Waals surface area contributed by atoms with E-state index in [1.165, 1.54) is 16.8 Å². The maximum atomic E-state index is 12.1. The van der Waals surface area contributed by atoms with Crippen LogP contribution < -0.4 is 15.1 Å². The lowest BCUT2D eigenvalue weighted by Gasteiger charge is -2.51. The molecule has 0 bridgehead atoms. The molecule has 0 aromatic heterocycles. The van der Waals surface area contributed by atoms with Crippen LogP contribution in [-0.2, 0) is 25.2 Å². The zero-order valence-corrected chi connectivity index (χ0v) is 35.5. The van der Waals surface area contributed by atoms with Crippen molar-refractivity contribution in [2.75, 3.05) is 25.2 Å². The van der Waals surface area contributed by atoms with Crippen LogP contribution in [0.25, 0.3) is 0 Å². The fraction of sp³-hybridized carbons (Fsp3) is 0.581. The molecule has 0 radical (unpaired) electrons. The minimum absolute atomic E-state index is 0.0624. The van der Waals surface area contributed by atoms with Crippen LogP contribution in [0.1, 0.15) is 86.6 Å². The second kappa shape index (κ2) is 17.3. The Morgan fingerprint density at radius 3 is 1.94 bits per heavy atom. The predicted molar refractivity (Wildman–Crippen MR) is 221 cm³/mol. The highest BCUT2D eigenvalue weighted by atomic mass is 32.2. The molecule has 1 N–H and O–H groups in total. The first-order valence-corrected chi connectivity index (χ1v) is 22.8. The van der Waals surface area contributed by atoms with Crippen molar-refractivity contribution in [3.8, 4) is 5.75 Å². The molecule has 3 aromatic rings. The highest BCUT2D eigenvalue weighted by Gasteiger charge is 2.54. The molecule has 9 heteroatoms. The van der Waals surface area contributed by atoms with Gasteiger partial charge in [0, 0.05) is 18.4 Å². The quantitative estimate of drug-likeness (QED) is 0.145. The van der Waals surface area contributed by atoms with Crippen molar-refractivity contribution in [2.24, 2.45) is 5.41 Å². The van der Waals surface area contributed by atoms with Crippen molar-refractivity contribution in [1.82, 2.24) is 0 Å². The van der Waals surface area contributed by atoms with E-state index < -0.39 is 20.2 Å². The van der Waals surface area contributed by atoms with Crippen molar-refractivity contribution in [3.63, 3.8) is 0 Å². The third-order valence-corrected chi connectivity index (χ3v) is 19.7. The molecule has 1 unspecified atom stereocenters. The summed E-state index contributed by atoms with van der Waals surface area (Å²) >= 11 is 4.02. The highest BCUT2D eigenvalue weighted by Crippen LogP contribution is 2.57. The number of methoxy groups -OCH3 is 1. The fourth-order valence-electron chi connectivity index (χ4n) is 7.90. The number of aliphatic hydroxyl groups excluding tert-OH is 1. The van der Waals surface area contributed by atoms with E-state index in [9.17, 15) is 5.11 Å². The van der Waals surface area contributed by atoms with Crippen LogP contribution in [0, 0.1) is 5.41 Å². The van der Waals surface area contributed by atoms with Crippen LogP contribution in [0.3, 0.4) is 0 Å². The van der Waals surface area contributed by atoms with Gasteiger partial charge in [-0.3, -0.25) is 0 Å². The Hall–Kier alpha value is -1.82. The molecule has 0 spiro atoms. The number of rotatable bonds is 16. The van der Waals surface area contributed by atoms with Crippen molar-refractivity contribution >= 4 is 42.2 Å². The van der Waals surface area contributed by atoms with E-state index in [0.29, 0.717) is 32.5 Å². The third-order valence-electron chi connectivity index (χ3n) is 10.7. The Morgan fingerprint density at radius 2 is 1.44 bits per heavy atom. The van der Waals surface area contributed by atoms with Gasteiger partial charge in [0.05, 0.1) is 42.2 Å². The van der Waals surface area contributed by atoms with Gasteiger partial charge in [-0.15, -0.1) is 23.5 Å². The second-order valence-electron chi connectivity index (χ2n) is 16.6. The zero-order chi connectivity index (χ0) is 37.6. The van der Waals surface area contributed by atoms with Gasteiger partial charge in [-0.2, -0.15) is 0 Å². The van der Waals surface area contributed by atoms with Gasteiger partial charge in [-0.1, -0.05) is 107 Å². The van der Waals surface area contributed by atoms with Crippen LogP contribution in [0.5, 0.6) is 5.75 Å². The molecular weight excluding hydrogens is 705 g/mol. The molecule has 0 saturated carbocycles. The summed E-state index contributed by atoms with van der Waals surface area (Å²) < 4.78 is 31.7. The lowest BCUT2D eigenvalue weighted by atomic mass is 9.85. The van der Waals surface area contributed by atoms with E-state index in [1.807, 2.05) is 61.6 Å². The molecule has 2 saturated heterocycles. The Labute approximate surface area is 323 Å². The topological polar surface area (TPSA) is 66.4 Å². The molecule has 2 heterocycles. The molecule has 0 aliphatic carbocycles. The van der Waals surface area contributed by atoms with Gasteiger partial charge in [0.15, 0.2) is 5.79 Å². The molecule has 52 heavy (non-hydrogen) atoms. The monoisotopic (exact) mass is 766 g/mol. The van der Waals surface area contributed by atoms with E-state index in [0.717, 1.165) is 22.8 Å². The maximum Gasteiger partial charge on any atom is 0.261 e. The highest BCUT2D eigenvalue weighted by molar-refractivity contribution is 8.18. The van der Waals surface area contributed by atoms with Crippen LogP contribution in [0.2, 0.25) is 5.04 Å². The fourth-order valence-corrected chi connectivity index (χ4v) is 16.4. The summed E-state index contributed by atoms with van der Waals surface area (Å²) in [5.74, 6) is 2.31. The second-order valence-corrected chi connectivity index (χ2v) is 24.0. The molecule has 2 aliphatic heterocycles.